The monoisotopic (exact) mass is 412 g/mol. The zero-order valence-electron chi connectivity index (χ0n) is 17.0. The molecule has 0 radical (unpaired) electrons. The third-order valence-corrected chi connectivity index (χ3v) is 5.81. The number of nitrogens with zero attached hydrogens (tertiary/aromatic N) is 4. The third-order valence-electron chi connectivity index (χ3n) is 4.58. The van der Waals surface area contributed by atoms with E-state index in [9.17, 15) is 14.9 Å². The lowest BCUT2D eigenvalue weighted by molar-refractivity contribution is -0.384. The van der Waals surface area contributed by atoms with Crippen molar-refractivity contribution in [3.05, 3.63) is 63.2 Å². The lowest BCUT2D eigenvalue weighted by Crippen LogP contribution is -2.33. The minimum Gasteiger partial charge on any atom is -0.309 e. The molecule has 8 heteroatoms. The van der Waals surface area contributed by atoms with Gasteiger partial charge in [0, 0.05) is 24.2 Å². The van der Waals surface area contributed by atoms with E-state index in [-0.39, 0.29) is 17.2 Å². The van der Waals surface area contributed by atoms with Crippen molar-refractivity contribution < 1.29 is 9.72 Å². The third kappa shape index (κ3) is 4.78. The summed E-state index contributed by atoms with van der Waals surface area (Å²) in [6.07, 6.45) is 0.765. The lowest BCUT2D eigenvalue weighted by atomic mass is 10.1. The van der Waals surface area contributed by atoms with Crippen molar-refractivity contribution in [2.24, 2.45) is 0 Å². The van der Waals surface area contributed by atoms with Crippen molar-refractivity contribution in [1.29, 1.82) is 0 Å². The SMILES string of the molecule is Cc1cc(C)c2sc(N(CCCN(C)C)C(=O)c3cccc([N+](=O)[O-])c3)nc2c1. The quantitative estimate of drug-likeness (QED) is 0.424. The van der Waals surface area contributed by atoms with Crippen molar-refractivity contribution in [2.75, 3.05) is 32.1 Å². The van der Waals surface area contributed by atoms with E-state index in [1.807, 2.05) is 34.0 Å². The molecule has 0 fully saturated rings. The summed E-state index contributed by atoms with van der Waals surface area (Å²) in [5, 5.41) is 11.7. The summed E-state index contributed by atoms with van der Waals surface area (Å²) in [7, 11) is 3.97. The summed E-state index contributed by atoms with van der Waals surface area (Å²) in [6.45, 7) is 5.37. The first-order valence-corrected chi connectivity index (χ1v) is 10.2. The van der Waals surface area contributed by atoms with Crippen LogP contribution in [0, 0.1) is 24.0 Å². The molecule has 0 unspecified atom stereocenters. The Hall–Kier alpha value is -2.84. The number of amides is 1. The Morgan fingerprint density at radius 1 is 1.17 bits per heavy atom. The zero-order valence-corrected chi connectivity index (χ0v) is 17.8. The van der Waals surface area contributed by atoms with Gasteiger partial charge < -0.3 is 4.90 Å². The number of rotatable bonds is 7. The van der Waals surface area contributed by atoms with Crippen LogP contribution in [0.3, 0.4) is 0 Å². The van der Waals surface area contributed by atoms with Crippen molar-refractivity contribution in [1.82, 2.24) is 9.88 Å². The van der Waals surface area contributed by atoms with Gasteiger partial charge in [0.2, 0.25) is 0 Å². The number of carbonyl (C=O) groups is 1. The fourth-order valence-electron chi connectivity index (χ4n) is 3.22. The fourth-order valence-corrected chi connectivity index (χ4v) is 4.26. The second-order valence-electron chi connectivity index (χ2n) is 7.35. The number of nitro benzene ring substituents is 1. The maximum atomic E-state index is 13.3. The standard InChI is InChI=1S/C21H24N4O3S/c1-14-11-15(2)19-18(12-14)22-21(29-19)24(10-6-9-23(3)4)20(26)16-7-5-8-17(13-16)25(27)28/h5,7-8,11-13H,6,9-10H2,1-4H3. The number of hydrogen-bond acceptors (Lipinski definition) is 6. The van der Waals surface area contributed by atoms with Gasteiger partial charge in [0.1, 0.15) is 0 Å². The van der Waals surface area contributed by atoms with Gasteiger partial charge in [0.15, 0.2) is 5.13 Å². The number of carbonyl (C=O) groups excluding carboxylic acids is 1. The molecule has 152 valence electrons. The second-order valence-corrected chi connectivity index (χ2v) is 8.33. The smallest absolute Gasteiger partial charge is 0.270 e. The van der Waals surface area contributed by atoms with Gasteiger partial charge in [-0.05, 0) is 64.2 Å². The highest BCUT2D eigenvalue weighted by Crippen LogP contribution is 2.33. The Bertz CT molecular complexity index is 1060. The Morgan fingerprint density at radius 3 is 2.62 bits per heavy atom. The minimum absolute atomic E-state index is 0.0974. The largest absolute Gasteiger partial charge is 0.309 e. The molecule has 3 aromatic rings. The predicted molar refractivity (Wildman–Crippen MR) is 117 cm³/mol. The maximum absolute atomic E-state index is 13.3. The van der Waals surface area contributed by atoms with Crippen molar-refractivity contribution in [2.45, 2.75) is 20.3 Å². The number of hydrogen-bond donors (Lipinski definition) is 0. The lowest BCUT2D eigenvalue weighted by Gasteiger charge is -2.21. The zero-order chi connectivity index (χ0) is 21.1. The van der Waals surface area contributed by atoms with E-state index in [2.05, 4.69) is 11.0 Å². The summed E-state index contributed by atoms with van der Waals surface area (Å²) in [6, 6.07) is 9.97. The number of aromatic nitrogens is 1. The van der Waals surface area contributed by atoms with E-state index in [1.54, 1.807) is 11.0 Å². The first-order chi connectivity index (χ1) is 13.8. The highest BCUT2D eigenvalue weighted by Gasteiger charge is 2.23. The fraction of sp³-hybridized carbons (Fsp3) is 0.333. The summed E-state index contributed by atoms with van der Waals surface area (Å²) in [5.74, 6) is -0.277. The molecule has 7 nitrogen and oxygen atoms in total. The second kappa shape index (κ2) is 8.67. The molecule has 3 rings (SSSR count). The summed E-state index contributed by atoms with van der Waals surface area (Å²) in [4.78, 5) is 32.3. The van der Waals surface area contributed by atoms with Gasteiger partial charge in [0.05, 0.1) is 15.1 Å². The molecule has 0 aliphatic rings. The number of fused-ring (bicyclic) bond motifs is 1. The van der Waals surface area contributed by atoms with E-state index in [1.165, 1.54) is 29.5 Å². The average Bonchev–Trinajstić information content (AvgIpc) is 3.08. The van der Waals surface area contributed by atoms with Crippen LogP contribution in [0.1, 0.15) is 27.9 Å². The molecule has 1 aromatic heterocycles. The molecule has 1 heterocycles. The van der Waals surface area contributed by atoms with E-state index in [0.717, 1.165) is 34.3 Å². The van der Waals surface area contributed by atoms with Crippen LogP contribution in [0.25, 0.3) is 10.2 Å². The molecule has 1 amide bonds. The number of non-ortho nitro benzene ring substituents is 1. The minimum atomic E-state index is -0.489. The van der Waals surface area contributed by atoms with E-state index in [4.69, 9.17) is 4.98 Å². The number of thiazole rings is 1. The van der Waals surface area contributed by atoms with Gasteiger partial charge in [-0.2, -0.15) is 0 Å². The predicted octanol–water partition coefficient (Wildman–Crippen LogP) is 4.42. The molecule has 29 heavy (non-hydrogen) atoms. The van der Waals surface area contributed by atoms with Crippen molar-refractivity contribution in [3.8, 4) is 0 Å². The summed E-state index contributed by atoms with van der Waals surface area (Å²) >= 11 is 1.48. The molecule has 0 N–H and O–H groups in total. The van der Waals surface area contributed by atoms with Crippen LogP contribution in [-0.4, -0.2) is 47.9 Å². The van der Waals surface area contributed by atoms with Gasteiger partial charge in [-0.1, -0.05) is 23.5 Å². The van der Waals surface area contributed by atoms with Crippen LogP contribution in [0.15, 0.2) is 36.4 Å². The molecular weight excluding hydrogens is 388 g/mol. The highest BCUT2D eigenvalue weighted by atomic mass is 32.1. The van der Waals surface area contributed by atoms with Crippen LogP contribution < -0.4 is 4.90 Å². The number of benzene rings is 2. The molecule has 0 saturated carbocycles. The first-order valence-electron chi connectivity index (χ1n) is 9.35. The average molecular weight is 413 g/mol. The van der Waals surface area contributed by atoms with E-state index >= 15 is 0 Å². The Balaban J connectivity index is 2.00. The molecule has 2 aromatic carbocycles. The molecule has 0 aliphatic carbocycles. The van der Waals surface area contributed by atoms with Crippen LogP contribution in [0.2, 0.25) is 0 Å². The van der Waals surface area contributed by atoms with Crippen LogP contribution >= 0.6 is 11.3 Å². The van der Waals surface area contributed by atoms with Gasteiger partial charge >= 0.3 is 0 Å². The number of nitro groups is 1. The molecule has 0 saturated heterocycles. The van der Waals surface area contributed by atoms with Crippen LogP contribution in [0.4, 0.5) is 10.8 Å². The number of anilines is 1. The summed E-state index contributed by atoms with van der Waals surface area (Å²) in [5.41, 5.74) is 3.30. The highest BCUT2D eigenvalue weighted by molar-refractivity contribution is 7.22. The van der Waals surface area contributed by atoms with Crippen molar-refractivity contribution >= 4 is 38.3 Å². The first kappa shape index (κ1) is 20.9. The van der Waals surface area contributed by atoms with Gasteiger partial charge in [0.25, 0.3) is 11.6 Å². The molecular formula is C21H24N4O3S. The number of aryl methyl sites for hydroxylation is 2. The van der Waals surface area contributed by atoms with Crippen molar-refractivity contribution in [3.63, 3.8) is 0 Å². The van der Waals surface area contributed by atoms with Gasteiger partial charge in [-0.3, -0.25) is 19.8 Å². The molecule has 0 spiro atoms. The summed E-state index contributed by atoms with van der Waals surface area (Å²) < 4.78 is 1.05. The Labute approximate surface area is 173 Å². The van der Waals surface area contributed by atoms with E-state index < -0.39 is 4.92 Å². The van der Waals surface area contributed by atoms with Gasteiger partial charge in [-0.15, -0.1) is 0 Å². The molecule has 0 atom stereocenters. The molecule has 0 aliphatic heterocycles. The topological polar surface area (TPSA) is 79.6 Å². The maximum Gasteiger partial charge on any atom is 0.270 e. The van der Waals surface area contributed by atoms with Crippen LogP contribution in [0.5, 0.6) is 0 Å². The van der Waals surface area contributed by atoms with Crippen LogP contribution in [-0.2, 0) is 0 Å². The molecule has 0 bridgehead atoms. The van der Waals surface area contributed by atoms with Gasteiger partial charge in [-0.25, -0.2) is 4.98 Å². The Morgan fingerprint density at radius 2 is 1.93 bits per heavy atom. The normalized spacial score (nSPS) is 11.2. The Kier molecular flexibility index (Phi) is 6.24. The van der Waals surface area contributed by atoms with E-state index in [0.29, 0.717) is 11.7 Å².